The van der Waals surface area contributed by atoms with Crippen LogP contribution in [0.2, 0.25) is 0 Å². The van der Waals surface area contributed by atoms with Crippen molar-refractivity contribution < 1.29 is 9.13 Å². The molecule has 2 heterocycles. The molecular weight excluding hydrogens is 468 g/mol. The number of nitrogens with zero attached hydrogens (tertiary/aromatic N) is 2. The molecule has 0 saturated carbocycles. The third-order valence-corrected chi connectivity index (χ3v) is 6.61. The van der Waals surface area contributed by atoms with E-state index in [1.165, 1.54) is 28.9 Å². The van der Waals surface area contributed by atoms with Crippen LogP contribution in [0, 0.1) is 12.7 Å². The number of nitrogens with one attached hydrogen (secondary N) is 1. The van der Waals surface area contributed by atoms with Crippen molar-refractivity contribution in [1.82, 2.24) is 4.90 Å². The van der Waals surface area contributed by atoms with Crippen LogP contribution in [0.25, 0.3) is 0 Å². The van der Waals surface area contributed by atoms with Crippen LogP contribution < -0.4 is 10.1 Å². The van der Waals surface area contributed by atoms with Crippen LogP contribution >= 0.6 is 36.6 Å². The van der Waals surface area contributed by atoms with E-state index in [0.717, 1.165) is 62.0 Å². The first-order valence-electron chi connectivity index (χ1n) is 10.8. The predicted molar refractivity (Wildman–Crippen MR) is 139 cm³/mol. The van der Waals surface area contributed by atoms with Crippen LogP contribution in [0.1, 0.15) is 36.8 Å². The maximum Gasteiger partial charge on any atom is 0.161 e. The van der Waals surface area contributed by atoms with Crippen molar-refractivity contribution in [3.63, 3.8) is 0 Å². The average molecular weight is 501 g/mol. The minimum atomic E-state index is -0.228. The van der Waals surface area contributed by atoms with Crippen molar-refractivity contribution in [3.8, 4) is 5.75 Å². The lowest BCUT2D eigenvalue weighted by Crippen LogP contribution is -2.36. The van der Waals surface area contributed by atoms with Gasteiger partial charge in [0.05, 0.1) is 12.6 Å². The zero-order valence-electron chi connectivity index (χ0n) is 18.4. The molecule has 32 heavy (non-hydrogen) atoms. The fourth-order valence-corrected chi connectivity index (χ4v) is 4.86. The summed E-state index contributed by atoms with van der Waals surface area (Å²) in [5.74, 6) is 1.51. The van der Waals surface area contributed by atoms with Gasteiger partial charge >= 0.3 is 0 Å². The molecule has 0 bridgehead atoms. The van der Waals surface area contributed by atoms with Crippen LogP contribution in [0.4, 0.5) is 10.1 Å². The lowest BCUT2D eigenvalue weighted by atomic mass is 10.1. The Labute approximate surface area is 207 Å². The van der Waals surface area contributed by atoms with Gasteiger partial charge in [-0.25, -0.2) is 4.39 Å². The number of likely N-dealkylation sites (tertiary alicyclic amines) is 1. The van der Waals surface area contributed by atoms with E-state index in [9.17, 15) is 4.39 Å². The van der Waals surface area contributed by atoms with E-state index in [1.54, 1.807) is 12.1 Å². The molecule has 1 fully saturated rings. The van der Waals surface area contributed by atoms with Crippen molar-refractivity contribution >= 4 is 47.4 Å². The van der Waals surface area contributed by atoms with Gasteiger partial charge in [0.2, 0.25) is 0 Å². The molecule has 2 aliphatic rings. The molecule has 0 radical (unpaired) electrons. The van der Waals surface area contributed by atoms with Crippen LogP contribution in [-0.4, -0.2) is 42.4 Å². The summed E-state index contributed by atoms with van der Waals surface area (Å²) in [6.45, 7) is 6.15. The smallest absolute Gasteiger partial charge is 0.161 e. The second-order valence-electron chi connectivity index (χ2n) is 8.09. The molecule has 2 aliphatic heterocycles. The number of piperidine rings is 1. The maximum absolute atomic E-state index is 12.9. The SMILES string of the molecule is Cc1ccc2c(c1)CSC(=NC1CCN(CCCCOc3ccc(F)cc3)CC1)N2.Cl.Cl. The number of unbranched alkanes of at least 4 members (excludes halogenated alkanes) is 1. The van der Waals surface area contributed by atoms with Gasteiger partial charge in [-0.15, -0.1) is 24.8 Å². The fourth-order valence-electron chi connectivity index (χ4n) is 3.93. The summed E-state index contributed by atoms with van der Waals surface area (Å²) in [7, 11) is 0. The Morgan fingerprint density at radius 2 is 1.84 bits per heavy atom. The second-order valence-corrected chi connectivity index (χ2v) is 9.05. The van der Waals surface area contributed by atoms with Crippen molar-refractivity contribution in [3.05, 3.63) is 59.4 Å². The highest BCUT2D eigenvalue weighted by Crippen LogP contribution is 2.30. The molecule has 2 aromatic carbocycles. The van der Waals surface area contributed by atoms with Gasteiger partial charge in [0.25, 0.3) is 0 Å². The van der Waals surface area contributed by atoms with Crippen molar-refractivity contribution in [1.29, 1.82) is 0 Å². The Balaban J connectivity index is 0.00000181. The Morgan fingerprint density at radius 1 is 1.09 bits per heavy atom. The molecule has 176 valence electrons. The number of hydrogen-bond acceptors (Lipinski definition) is 4. The first-order chi connectivity index (χ1) is 14.7. The molecule has 0 aromatic heterocycles. The number of ether oxygens (including phenoxy) is 1. The molecule has 0 aliphatic carbocycles. The van der Waals surface area contributed by atoms with Gasteiger partial charge in [-0.2, -0.15) is 0 Å². The zero-order chi connectivity index (χ0) is 20.8. The third kappa shape index (κ3) is 7.84. The first-order valence-corrected chi connectivity index (χ1v) is 11.8. The normalized spacial score (nSPS) is 17.6. The van der Waals surface area contributed by atoms with Crippen LogP contribution in [-0.2, 0) is 5.75 Å². The Morgan fingerprint density at radius 3 is 2.59 bits per heavy atom. The van der Waals surface area contributed by atoms with Crippen LogP contribution in [0.15, 0.2) is 47.5 Å². The lowest BCUT2D eigenvalue weighted by Gasteiger charge is -2.31. The summed E-state index contributed by atoms with van der Waals surface area (Å²) in [6.07, 6.45) is 4.38. The molecule has 0 amide bonds. The number of thioether (sulfide) groups is 1. The number of aryl methyl sites for hydroxylation is 1. The van der Waals surface area contributed by atoms with Crippen molar-refractivity contribution in [2.75, 3.05) is 31.6 Å². The number of hydrogen-bond donors (Lipinski definition) is 1. The number of benzene rings is 2. The van der Waals surface area contributed by atoms with Gasteiger partial charge in [-0.3, -0.25) is 4.99 Å². The van der Waals surface area contributed by atoms with E-state index in [4.69, 9.17) is 9.73 Å². The Kier molecular flexibility index (Phi) is 11.1. The predicted octanol–water partition coefficient (Wildman–Crippen LogP) is 6.32. The summed E-state index contributed by atoms with van der Waals surface area (Å²) in [4.78, 5) is 7.53. The number of anilines is 1. The second kappa shape index (κ2) is 13.3. The Bertz CT molecular complexity index is 874. The average Bonchev–Trinajstić information content (AvgIpc) is 2.76. The Hall–Kier alpha value is -1.47. The summed E-state index contributed by atoms with van der Waals surface area (Å²) in [6, 6.07) is 13.2. The summed E-state index contributed by atoms with van der Waals surface area (Å²) in [5, 5.41) is 4.58. The standard InChI is InChI=1S/C24H30FN3OS.2ClH/c1-18-4-9-23-19(16-18)17-30-24(27-23)26-21-10-13-28(14-11-21)12-2-3-15-29-22-7-5-20(25)6-8-22;;/h4-9,16,21H,2-3,10-15,17H2,1H3,(H,26,27);2*1H. The molecule has 4 nitrogen and oxygen atoms in total. The summed E-state index contributed by atoms with van der Waals surface area (Å²) in [5.41, 5.74) is 3.89. The van der Waals surface area contributed by atoms with Gasteiger partial charge in [-0.05, 0) is 75.0 Å². The number of halogens is 3. The highest BCUT2D eigenvalue weighted by molar-refractivity contribution is 8.13. The van der Waals surface area contributed by atoms with E-state index in [2.05, 4.69) is 35.3 Å². The highest BCUT2D eigenvalue weighted by atomic mass is 35.5. The fraction of sp³-hybridized carbons (Fsp3) is 0.458. The van der Waals surface area contributed by atoms with Crippen molar-refractivity contribution in [2.45, 2.75) is 44.4 Å². The molecule has 0 atom stereocenters. The minimum Gasteiger partial charge on any atom is -0.494 e. The molecule has 1 saturated heterocycles. The molecule has 0 spiro atoms. The monoisotopic (exact) mass is 499 g/mol. The maximum atomic E-state index is 12.9. The summed E-state index contributed by atoms with van der Waals surface area (Å²) < 4.78 is 18.6. The minimum absolute atomic E-state index is 0. The van der Waals surface area contributed by atoms with Gasteiger partial charge in [0.15, 0.2) is 5.17 Å². The van der Waals surface area contributed by atoms with E-state index < -0.39 is 0 Å². The van der Waals surface area contributed by atoms with E-state index >= 15 is 0 Å². The topological polar surface area (TPSA) is 36.9 Å². The number of aliphatic imine (C=N–C) groups is 1. The molecule has 1 N–H and O–H groups in total. The van der Waals surface area contributed by atoms with Gasteiger partial charge < -0.3 is 15.0 Å². The van der Waals surface area contributed by atoms with E-state index in [-0.39, 0.29) is 30.6 Å². The molecule has 2 aromatic rings. The van der Waals surface area contributed by atoms with Crippen LogP contribution in [0.3, 0.4) is 0 Å². The van der Waals surface area contributed by atoms with Gasteiger partial charge in [0.1, 0.15) is 11.6 Å². The highest BCUT2D eigenvalue weighted by Gasteiger charge is 2.20. The third-order valence-electron chi connectivity index (χ3n) is 5.67. The zero-order valence-corrected chi connectivity index (χ0v) is 20.8. The molecular formula is C24H32Cl2FN3OS. The van der Waals surface area contributed by atoms with Crippen LogP contribution in [0.5, 0.6) is 5.75 Å². The first kappa shape index (κ1) is 26.8. The molecule has 8 heteroatoms. The van der Waals surface area contributed by atoms with Crippen molar-refractivity contribution in [2.24, 2.45) is 4.99 Å². The quantitative estimate of drug-likeness (QED) is 0.452. The van der Waals surface area contributed by atoms with Gasteiger partial charge in [-0.1, -0.05) is 29.5 Å². The molecule has 0 unspecified atom stereocenters. The number of fused-ring (bicyclic) bond motifs is 1. The largest absolute Gasteiger partial charge is 0.494 e. The van der Waals surface area contributed by atoms with Gasteiger partial charge in [0, 0.05) is 24.5 Å². The number of amidine groups is 1. The number of rotatable bonds is 7. The molecule has 4 rings (SSSR count). The van der Waals surface area contributed by atoms with E-state index in [0.29, 0.717) is 12.6 Å². The lowest BCUT2D eigenvalue weighted by molar-refractivity contribution is 0.203. The summed E-state index contributed by atoms with van der Waals surface area (Å²) >= 11 is 1.82. The van der Waals surface area contributed by atoms with E-state index in [1.807, 2.05) is 11.8 Å².